The molecule has 0 bridgehead atoms. The van der Waals surface area contributed by atoms with E-state index in [9.17, 15) is 9.90 Å². The zero-order chi connectivity index (χ0) is 18.9. The molecule has 0 saturated carbocycles. The van der Waals surface area contributed by atoms with Crippen molar-refractivity contribution in [3.8, 4) is 5.75 Å². The van der Waals surface area contributed by atoms with Gasteiger partial charge in [0.05, 0.1) is 0 Å². The van der Waals surface area contributed by atoms with Crippen LogP contribution in [-0.2, 0) is 16.2 Å². The third-order valence-corrected chi connectivity index (χ3v) is 3.53. The average Bonchev–Trinajstić information content (AvgIpc) is 2.61. The van der Waals surface area contributed by atoms with E-state index in [4.69, 9.17) is 32.8 Å². The van der Waals surface area contributed by atoms with Gasteiger partial charge in [-0.3, -0.25) is 0 Å². The van der Waals surface area contributed by atoms with E-state index < -0.39 is 5.97 Å². The number of halogens is 2. The van der Waals surface area contributed by atoms with E-state index in [-0.39, 0.29) is 23.4 Å². The zero-order valence-electron chi connectivity index (χ0n) is 14.0. The largest absolute Gasteiger partial charge is 0.489 e. The summed E-state index contributed by atoms with van der Waals surface area (Å²) in [6, 6.07) is 14.2. The number of hydrogen-bond donors (Lipinski definition) is 1. The van der Waals surface area contributed by atoms with E-state index >= 15 is 0 Å². The molecule has 5 nitrogen and oxygen atoms in total. The minimum Gasteiger partial charge on any atom is -0.489 e. The number of carbonyl (C=O) groups is 1. The van der Waals surface area contributed by atoms with Gasteiger partial charge < -0.3 is 14.7 Å². The molecule has 0 aromatic heterocycles. The van der Waals surface area contributed by atoms with Gasteiger partial charge in [0, 0.05) is 5.56 Å². The molecule has 0 spiro atoms. The topological polar surface area (TPSA) is 68.1 Å². The maximum atomic E-state index is 11.5. The van der Waals surface area contributed by atoms with Gasteiger partial charge in [0.15, 0.2) is 5.71 Å². The van der Waals surface area contributed by atoms with Crippen molar-refractivity contribution in [3.05, 3.63) is 69.7 Å². The second-order valence-corrected chi connectivity index (χ2v) is 6.12. The number of rotatable bonds is 8. The van der Waals surface area contributed by atoms with Crippen LogP contribution in [0.4, 0.5) is 0 Å². The number of nitrogens with zero attached hydrogens (tertiary/aromatic N) is 1. The molecule has 0 unspecified atom stereocenters. The summed E-state index contributed by atoms with van der Waals surface area (Å²) in [6.07, 6.45) is 1.62. The van der Waals surface area contributed by atoms with E-state index in [1.165, 1.54) is 0 Å². The van der Waals surface area contributed by atoms with Gasteiger partial charge in [-0.2, -0.15) is 0 Å². The lowest BCUT2D eigenvalue weighted by Gasteiger charge is -2.11. The number of benzene rings is 2. The summed E-state index contributed by atoms with van der Waals surface area (Å²) >= 11 is 11.3. The molecule has 2 aromatic rings. The Balaban J connectivity index is 2.17. The van der Waals surface area contributed by atoms with Crippen LogP contribution in [-0.4, -0.2) is 23.4 Å². The first-order chi connectivity index (χ1) is 12.5. The Morgan fingerprint density at radius 1 is 1.15 bits per heavy atom. The van der Waals surface area contributed by atoms with Crippen LogP contribution in [0.15, 0.2) is 58.2 Å². The number of hydrogen-bond acceptors (Lipinski definition) is 4. The highest BCUT2D eigenvalue weighted by molar-refractivity contribution is 6.57. The van der Waals surface area contributed by atoms with Crippen LogP contribution in [0.25, 0.3) is 6.08 Å². The Morgan fingerprint density at radius 2 is 1.85 bits per heavy atom. The fourth-order valence-electron chi connectivity index (χ4n) is 2.16. The molecule has 0 aliphatic rings. The molecule has 0 atom stereocenters. The zero-order valence-corrected chi connectivity index (χ0v) is 15.5. The molecule has 1 N–H and O–H groups in total. The first-order valence-electron chi connectivity index (χ1n) is 7.78. The molecule has 26 heavy (non-hydrogen) atoms. The SMILES string of the molecule is CCON=C(C(=O)O)c1ccccc1COc1ccc(C=C(Cl)Cl)cc1. The summed E-state index contributed by atoms with van der Waals surface area (Å²) in [5.41, 5.74) is 1.81. The van der Waals surface area contributed by atoms with Crippen molar-refractivity contribution in [3.63, 3.8) is 0 Å². The van der Waals surface area contributed by atoms with Crippen molar-refractivity contribution < 1.29 is 19.5 Å². The van der Waals surface area contributed by atoms with Gasteiger partial charge in [-0.1, -0.05) is 64.8 Å². The van der Waals surface area contributed by atoms with Gasteiger partial charge in [0.1, 0.15) is 23.5 Å². The molecule has 136 valence electrons. The monoisotopic (exact) mass is 393 g/mol. The third kappa shape index (κ3) is 5.79. The molecule has 0 saturated heterocycles. The highest BCUT2D eigenvalue weighted by Crippen LogP contribution is 2.19. The van der Waals surface area contributed by atoms with Crippen molar-refractivity contribution in [2.24, 2.45) is 5.16 Å². The minimum atomic E-state index is -1.17. The fraction of sp³-hybridized carbons (Fsp3) is 0.158. The molecule has 2 aromatic carbocycles. The van der Waals surface area contributed by atoms with Crippen molar-refractivity contribution in [1.29, 1.82) is 0 Å². The molecule has 0 amide bonds. The van der Waals surface area contributed by atoms with Crippen LogP contribution in [0.5, 0.6) is 5.75 Å². The second-order valence-electron chi connectivity index (χ2n) is 5.11. The first kappa shape index (κ1) is 19.8. The number of aliphatic carboxylic acids is 1. The van der Waals surface area contributed by atoms with E-state index in [2.05, 4.69) is 5.16 Å². The van der Waals surface area contributed by atoms with Crippen LogP contribution >= 0.6 is 23.2 Å². The predicted molar refractivity (Wildman–Crippen MR) is 103 cm³/mol. The molecule has 0 aliphatic heterocycles. The Hall–Kier alpha value is -2.50. The van der Waals surface area contributed by atoms with Crippen molar-refractivity contribution in [2.75, 3.05) is 6.61 Å². The molecular weight excluding hydrogens is 377 g/mol. The van der Waals surface area contributed by atoms with Gasteiger partial charge >= 0.3 is 5.97 Å². The summed E-state index contributed by atoms with van der Waals surface area (Å²) < 4.78 is 5.92. The summed E-state index contributed by atoms with van der Waals surface area (Å²) in [4.78, 5) is 16.4. The lowest BCUT2D eigenvalue weighted by molar-refractivity contribution is -0.129. The van der Waals surface area contributed by atoms with Crippen molar-refractivity contribution >= 4 is 41.0 Å². The van der Waals surface area contributed by atoms with Gasteiger partial charge in [0.2, 0.25) is 0 Å². The van der Waals surface area contributed by atoms with E-state index in [1.54, 1.807) is 49.4 Å². The normalized spacial score (nSPS) is 11.0. The van der Waals surface area contributed by atoms with Crippen LogP contribution in [0.1, 0.15) is 23.6 Å². The Labute approximate surface area is 161 Å². The van der Waals surface area contributed by atoms with Crippen LogP contribution in [0, 0.1) is 0 Å². The fourth-order valence-corrected chi connectivity index (χ4v) is 2.41. The number of oxime groups is 1. The van der Waals surface area contributed by atoms with Crippen LogP contribution in [0.3, 0.4) is 0 Å². The quantitative estimate of drug-likeness (QED) is 0.513. The Morgan fingerprint density at radius 3 is 2.46 bits per heavy atom. The van der Waals surface area contributed by atoms with Crippen molar-refractivity contribution in [2.45, 2.75) is 13.5 Å². The molecule has 0 aliphatic carbocycles. The molecule has 0 fully saturated rings. The predicted octanol–water partition coefficient (Wildman–Crippen LogP) is 4.87. The van der Waals surface area contributed by atoms with E-state index in [0.717, 1.165) is 5.56 Å². The third-order valence-electron chi connectivity index (χ3n) is 3.31. The van der Waals surface area contributed by atoms with Crippen molar-refractivity contribution in [1.82, 2.24) is 0 Å². The first-order valence-corrected chi connectivity index (χ1v) is 8.54. The number of carboxylic acids is 1. The second kappa shape index (κ2) is 9.85. The lowest BCUT2D eigenvalue weighted by Crippen LogP contribution is -2.18. The van der Waals surface area contributed by atoms with Gasteiger partial charge in [0.25, 0.3) is 0 Å². The van der Waals surface area contributed by atoms with E-state index in [1.807, 2.05) is 12.1 Å². The molecule has 0 radical (unpaired) electrons. The van der Waals surface area contributed by atoms with E-state index in [0.29, 0.717) is 16.9 Å². The van der Waals surface area contributed by atoms with Crippen LogP contribution in [0.2, 0.25) is 0 Å². The Kier molecular flexibility index (Phi) is 7.51. The highest BCUT2D eigenvalue weighted by atomic mass is 35.5. The number of carboxylic acid groups (broad SMARTS) is 1. The number of ether oxygens (including phenoxy) is 1. The Bertz CT molecular complexity index is 813. The highest BCUT2D eigenvalue weighted by Gasteiger charge is 2.17. The summed E-state index contributed by atoms with van der Waals surface area (Å²) in [5.74, 6) is -0.540. The molecule has 2 rings (SSSR count). The average molecular weight is 394 g/mol. The molecular formula is C19H17Cl2NO4. The van der Waals surface area contributed by atoms with Gasteiger partial charge in [-0.15, -0.1) is 0 Å². The summed E-state index contributed by atoms with van der Waals surface area (Å²) in [6.45, 7) is 2.19. The smallest absolute Gasteiger partial charge is 0.358 e. The minimum absolute atomic E-state index is 0.164. The standard InChI is InChI=1S/C19H17Cl2NO4/c1-2-26-22-18(19(23)24)16-6-4-3-5-14(16)12-25-15-9-7-13(8-10-15)11-17(20)21/h3-11H,2,12H2,1H3,(H,23,24). The maximum Gasteiger partial charge on any atom is 0.358 e. The van der Waals surface area contributed by atoms with Gasteiger partial charge in [-0.05, 0) is 36.3 Å². The summed E-state index contributed by atoms with van der Waals surface area (Å²) in [5, 5.41) is 13.1. The van der Waals surface area contributed by atoms with Gasteiger partial charge in [-0.25, -0.2) is 4.79 Å². The molecule has 0 heterocycles. The summed E-state index contributed by atoms with van der Waals surface area (Å²) in [7, 11) is 0. The molecule has 7 heteroatoms. The van der Waals surface area contributed by atoms with Crippen LogP contribution < -0.4 is 4.74 Å². The maximum absolute atomic E-state index is 11.5. The lowest BCUT2D eigenvalue weighted by atomic mass is 10.0.